The SMILES string of the molecule is Cc1ccc(-c2c(C(F)(F)F)nn3c(N4CCCCCC4)cc(C)nc23)cc1. The highest BCUT2D eigenvalue weighted by atomic mass is 19.4. The van der Waals surface area contributed by atoms with Crippen LogP contribution in [-0.2, 0) is 6.18 Å². The molecule has 0 spiro atoms. The standard InChI is InChI=1S/C21H23F3N4/c1-14-7-9-16(10-8-14)18-19(21(22,23)24)26-28-17(13-15(2)25-20(18)28)27-11-5-3-4-6-12-27/h7-10,13H,3-6,11-12H2,1-2H3. The lowest BCUT2D eigenvalue weighted by Gasteiger charge is -2.23. The van der Waals surface area contributed by atoms with Crippen molar-refractivity contribution in [3.8, 4) is 11.1 Å². The van der Waals surface area contributed by atoms with E-state index in [1.54, 1.807) is 12.1 Å². The second-order valence-corrected chi connectivity index (χ2v) is 7.48. The fourth-order valence-electron chi connectivity index (χ4n) is 3.83. The van der Waals surface area contributed by atoms with E-state index in [0.717, 1.165) is 44.3 Å². The Labute approximate surface area is 162 Å². The van der Waals surface area contributed by atoms with Crippen LogP contribution < -0.4 is 4.90 Å². The Bertz CT molecular complexity index is 982. The minimum atomic E-state index is -4.56. The van der Waals surface area contributed by atoms with Crippen LogP contribution in [0.15, 0.2) is 30.3 Å². The van der Waals surface area contributed by atoms with Crippen LogP contribution >= 0.6 is 0 Å². The summed E-state index contributed by atoms with van der Waals surface area (Å²) in [5, 5.41) is 4.02. The van der Waals surface area contributed by atoms with Crippen LogP contribution in [-0.4, -0.2) is 27.7 Å². The van der Waals surface area contributed by atoms with Crippen molar-refractivity contribution in [3.05, 3.63) is 47.3 Å². The number of halogens is 3. The molecule has 0 radical (unpaired) electrons. The lowest BCUT2D eigenvalue weighted by Crippen LogP contribution is -2.26. The Morgan fingerprint density at radius 3 is 2.18 bits per heavy atom. The van der Waals surface area contributed by atoms with Crippen LogP contribution in [0.5, 0.6) is 0 Å². The molecular formula is C21H23F3N4. The first kappa shape index (κ1) is 18.8. The maximum Gasteiger partial charge on any atom is 0.435 e. The summed E-state index contributed by atoms with van der Waals surface area (Å²) in [5.41, 5.74) is 1.58. The number of nitrogens with zero attached hydrogens (tertiary/aromatic N) is 4. The number of hydrogen-bond acceptors (Lipinski definition) is 3. The van der Waals surface area contributed by atoms with Crippen LogP contribution in [0.25, 0.3) is 16.8 Å². The molecular weight excluding hydrogens is 365 g/mol. The second-order valence-electron chi connectivity index (χ2n) is 7.48. The normalized spacial score (nSPS) is 15.8. The molecule has 0 unspecified atom stereocenters. The third kappa shape index (κ3) is 3.45. The molecule has 1 fully saturated rings. The molecule has 4 nitrogen and oxygen atoms in total. The lowest BCUT2D eigenvalue weighted by molar-refractivity contribution is -0.140. The summed E-state index contributed by atoms with van der Waals surface area (Å²) in [6.45, 7) is 5.37. The molecule has 0 aliphatic carbocycles. The second kappa shape index (κ2) is 7.11. The van der Waals surface area contributed by atoms with Crippen LogP contribution in [0.2, 0.25) is 0 Å². The topological polar surface area (TPSA) is 33.4 Å². The lowest BCUT2D eigenvalue weighted by atomic mass is 10.0. The predicted octanol–water partition coefficient (Wildman–Crippen LogP) is 5.41. The van der Waals surface area contributed by atoms with Crippen molar-refractivity contribution in [2.24, 2.45) is 0 Å². The Morgan fingerprint density at radius 1 is 0.929 bits per heavy atom. The molecule has 3 aromatic rings. The van der Waals surface area contributed by atoms with Crippen molar-refractivity contribution >= 4 is 11.5 Å². The molecule has 0 amide bonds. The Morgan fingerprint density at radius 2 is 1.57 bits per heavy atom. The van der Waals surface area contributed by atoms with Gasteiger partial charge < -0.3 is 4.90 Å². The Hall–Kier alpha value is -2.57. The van der Waals surface area contributed by atoms with Crippen molar-refractivity contribution in [1.82, 2.24) is 14.6 Å². The van der Waals surface area contributed by atoms with E-state index in [9.17, 15) is 13.2 Å². The number of benzene rings is 1. The zero-order valence-electron chi connectivity index (χ0n) is 16.1. The molecule has 4 rings (SSSR count). The van der Waals surface area contributed by atoms with Gasteiger partial charge in [0.25, 0.3) is 0 Å². The van der Waals surface area contributed by atoms with Gasteiger partial charge in [0.2, 0.25) is 0 Å². The molecule has 7 heteroatoms. The van der Waals surface area contributed by atoms with Crippen molar-refractivity contribution in [2.45, 2.75) is 45.7 Å². The minimum Gasteiger partial charge on any atom is -0.356 e. The van der Waals surface area contributed by atoms with Crippen molar-refractivity contribution in [1.29, 1.82) is 0 Å². The number of fused-ring (bicyclic) bond motifs is 1. The van der Waals surface area contributed by atoms with Crippen LogP contribution in [0, 0.1) is 13.8 Å². The van der Waals surface area contributed by atoms with Crippen LogP contribution in [0.3, 0.4) is 0 Å². The van der Waals surface area contributed by atoms with Gasteiger partial charge in [0.15, 0.2) is 11.3 Å². The molecule has 1 aliphatic rings. The summed E-state index contributed by atoms with van der Waals surface area (Å²) >= 11 is 0. The molecule has 0 bridgehead atoms. The van der Waals surface area contributed by atoms with Gasteiger partial charge in [0.05, 0.1) is 5.56 Å². The van der Waals surface area contributed by atoms with E-state index < -0.39 is 11.9 Å². The molecule has 28 heavy (non-hydrogen) atoms. The van der Waals surface area contributed by atoms with Gasteiger partial charge in [0, 0.05) is 24.8 Å². The molecule has 0 atom stereocenters. The maximum atomic E-state index is 13.9. The quantitative estimate of drug-likeness (QED) is 0.588. The zero-order valence-corrected chi connectivity index (χ0v) is 16.1. The fourth-order valence-corrected chi connectivity index (χ4v) is 3.83. The van der Waals surface area contributed by atoms with Crippen LogP contribution in [0.1, 0.15) is 42.6 Å². The van der Waals surface area contributed by atoms with Gasteiger partial charge in [-0.15, -0.1) is 0 Å². The summed E-state index contributed by atoms with van der Waals surface area (Å²) in [6, 6.07) is 8.87. The zero-order chi connectivity index (χ0) is 19.9. The average molecular weight is 388 g/mol. The monoisotopic (exact) mass is 388 g/mol. The molecule has 1 saturated heterocycles. The Kier molecular flexibility index (Phi) is 4.77. The average Bonchev–Trinajstić information content (AvgIpc) is 2.84. The van der Waals surface area contributed by atoms with Gasteiger partial charge >= 0.3 is 6.18 Å². The van der Waals surface area contributed by atoms with Crippen molar-refractivity contribution in [3.63, 3.8) is 0 Å². The van der Waals surface area contributed by atoms with Crippen molar-refractivity contribution in [2.75, 3.05) is 18.0 Å². The summed E-state index contributed by atoms with van der Waals surface area (Å²) < 4.78 is 43.0. The molecule has 2 aromatic heterocycles. The predicted molar refractivity (Wildman–Crippen MR) is 104 cm³/mol. The summed E-state index contributed by atoms with van der Waals surface area (Å²) in [6.07, 6.45) is -0.212. The number of rotatable bonds is 2. The third-order valence-corrected chi connectivity index (χ3v) is 5.24. The number of aryl methyl sites for hydroxylation is 2. The molecule has 148 valence electrons. The van der Waals surface area contributed by atoms with E-state index in [1.165, 1.54) is 4.52 Å². The summed E-state index contributed by atoms with van der Waals surface area (Å²) in [7, 11) is 0. The highest BCUT2D eigenvalue weighted by Crippen LogP contribution is 2.39. The highest BCUT2D eigenvalue weighted by molar-refractivity contribution is 5.81. The number of alkyl halides is 3. The number of aromatic nitrogens is 3. The minimum absolute atomic E-state index is 0.0484. The van der Waals surface area contributed by atoms with E-state index in [4.69, 9.17) is 0 Å². The van der Waals surface area contributed by atoms with E-state index >= 15 is 0 Å². The van der Waals surface area contributed by atoms with E-state index in [1.807, 2.05) is 32.0 Å². The summed E-state index contributed by atoms with van der Waals surface area (Å²) in [4.78, 5) is 6.60. The van der Waals surface area contributed by atoms with Gasteiger partial charge in [-0.05, 0) is 32.3 Å². The smallest absolute Gasteiger partial charge is 0.356 e. The van der Waals surface area contributed by atoms with E-state index in [0.29, 0.717) is 17.1 Å². The first-order valence-electron chi connectivity index (χ1n) is 9.64. The van der Waals surface area contributed by atoms with Gasteiger partial charge in [-0.3, -0.25) is 0 Å². The fraction of sp³-hybridized carbons (Fsp3) is 0.429. The van der Waals surface area contributed by atoms with Crippen molar-refractivity contribution < 1.29 is 13.2 Å². The van der Waals surface area contributed by atoms with E-state index in [2.05, 4.69) is 15.0 Å². The van der Waals surface area contributed by atoms with Crippen LogP contribution in [0.4, 0.5) is 19.0 Å². The first-order valence-corrected chi connectivity index (χ1v) is 9.64. The first-order chi connectivity index (χ1) is 13.3. The van der Waals surface area contributed by atoms with E-state index in [-0.39, 0.29) is 11.2 Å². The number of hydrogen-bond donors (Lipinski definition) is 0. The molecule has 1 aliphatic heterocycles. The molecule has 1 aromatic carbocycles. The molecule has 3 heterocycles. The molecule has 0 N–H and O–H groups in total. The third-order valence-electron chi connectivity index (χ3n) is 5.24. The van der Waals surface area contributed by atoms with Gasteiger partial charge in [-0.2, -0.15) is 22.8 Å². The molecule has 0 saturated carbocycles. The largest absolute Gasteiger partial charge is 0.435 e. The Balaban J connectivity index is 1.98. The van der Waals surface area contributed by atoms with Gasteiger partial charge in [-0.25, -0.2) is 4.98 Å². The van der Waals surface area contributed by atoms with Gasteiger partial charge in [0.1, 0.15) is 5.82 Å². The highest BCUT2D eigenvalue weighted by Gasteiger charge is 2.39. The van der Waals surface area contributed by atoms with Gasteiger partial charge in [-0.1, -0.05) is 42.7 Å². The summed E-state index contributed by atoms with van der Waals surface area (Å²) in [5.74, 6) is 0.688. The maximum absolute atomic E-state index is 13.9. The number of anilines is 1.